The van der Waals surface area contributed by atoms with E-state index >= 15 is 0 Å². The Morgan fingerprint density at radius 2 is 1.85 bits per heavy atom. The van der Waals surface area contributed by atoms with Crippen molar-refractivity contribution >= 4 is 22.9 Å². The molecule has 6 nitrogen and oxygen atoms in total. The Balaban J connectivity index is 1.90. The Kier molecular flexibility index (Phi) is 5.64. The molecule has 0 aliphatic carbocycles. The van der Waals surface area contributed by atoms with Crippen molar-refractivity contribution in [2.24, 2.45) is 0 Å². The highest BCUT2D eigenvalue weighted by atomic mass is 16.5. The maximum absolute atomic E-state index is 13.0. The van der Waals surface area contributed by atoms with Gasteiger partial charge in [0, 0.05) is 30.7 Å². The summed E-state index contributed by atoms with van der Waals surface area (Å²) in [6.07, 6.45) is 2.50. The van der Waals surface area contributed by atoms with Crippen molar-refractivity contribution in [2.75, 3.05) is 30.4 Å². The lowest BCUT2D eigenvalue weighted by molar-refractivity contribution is 0.102. The number of carbonyl (C=O) groups excluding carboxylic acids is 1. The molecule has 2 aromatic heterocycles. The second-order valence-corrected chi connectivity index (χ2v) is 6.20. The third kappa shape index (κ3) is 3.60. The first kappa shape index (κ1) is 18.8. The lowest BCUT2D eigenvalue weighted by Gasteiger charge is -2.21. The summed E-state index contributed by atoms with van der Waals surface area (Å²) in [6.45, 7) is 8.15. The molecular formula is C21H26N4O2. The van der Waals surface area contributed by atoms with E-state index in [1.54, 1.807) is 11.5 Å². The fourth-order valence-corrected chi connectivity index (χ4v) is 3.27. The van der Waals surface area contributed by atoms with Crippen LogP contribution >= 0.6 is 0 Å². The molecule has 1 amide bonds. The average Bonchev–Trinajstić information content (AvgIpc) is 3.09. The highest BCUT2D eigenvalue weighted by molar-refractivity contribution is 6.04. The molecule has 0 aliphatic rings. The molecule has 0 saturated carbocycles. The summed E-state index contributed by atoms with van der Waals surface area (Å²) in [6, 6.07) is 11.6. The molecule has 6 heteroatoms. The second-order valence-electron chi connectivity index (χ2n) is 6.20. The Morgan fingerprint density at radius 3 is 2.44 bits per heavy atom. The number of methoxy groups -OCH3 is 1. The molecule has 3 aromatic rings. The molecule has 0 atom stereocenters. The molecule has 1 N–H and O–H groups in total. The van der Waals surface area contributed by atoms with Crippen LogP contribution in [0.25, 0.3) is 5.65 Å². The predicted octanol–water partition coefficient (Wildman–Crippen LogP) is 4.00. The molecule has 0 spiro atoms. The molecule has 3 rings (SSSR count). The standard InChI is InChI=1S/C21H26N4O2/c1-5-17-19(25-14-8-9-18(27-4)20(25)23-17)21(26)22-15-10-12-16(13-11-15)24(6-2)7-3/h8-14H,5-7H2,1-4H3,(H,22,26). The van der Waals surface area contributed by atoms with Gasteiger partial charge in [-0.15, -0.1) is 0 Å². The van der Waals surface area contributed by atoms with E-state index in [-0.39, 0.29) is 5.91 Å². The van der Waals surface area contributed by atoms with Crippen LogP contribution in [-0.2, 0) is 6.42 Å². The first-order valence-electron chi connectivity index (χ1n) is 9.33. The Hall–Kier alpha value is -3.02. The van der Waals surface area contributed by atoms with Crippen molar-refractivity contribution in [3.63, 3.8) is 0 Å². The summed E-state index contributed by atoms with van der Waals surface area (Å²) in [5.74, 6) is 0.470. The number of amides is 1. The molecule has 0 fully saturated rings. The zero-order valence-corrected chi connectivity index (χ0v) is 16.3. The monoisotopic (exact) mass is 366 g/mol. The van der Waals surface area contributed by atoms with Crippen molar-refractivity contribution in [3.8, 4) is 5.75 Å². The second kappa shape index (κ2) is 8.12. The Bertz CT molecular complexity index is 927. The molecule has 0 bridgehead atoms. The number of anilines is 2. The molecule has 0 aliphatic heterocycles. The third-order valence-electron chi connectivity index (χ3n) is 4.71. The van der Waals surface area contributed by atoms with Crippen LogP contribution in [0.15, 0.2) is 42.6 Å². The highest BCUT2D eigenvalue weighted by Crippen LogP contribution is 2.24. The summed E-state index contributed by atoms with van der Waals surface area (Å²) in [5, 5.41) is 2.99. The summed E-state index contributed by atoms with van der Waals surface area (Å²) in [4.78, 5) is 19.8. The van der Waals surface area contributed by atoms with Gasteiger partial charge >= 0.3 is 0 Å². The van der Waals surface area contributed by atoms with Gasteiger partial charge in [0.1, 0.15) is 5.69 Å². The molecule has 27 heavy (non-hydrogen) atoms. The maximum atomic E-state index is 13.0. The van der Waals surface area contributed by atoms with Crippen LogP contribution in [0, 0.1) is 0 Å². The quantitative estimate of drug-likeness (QED) is 0.686. The minimum atomic E-state index is -0.178. The number of aromatic nitrogens is 2. The zero-order valence-electron chi connectivity index (χ0n) is 16.3. The number of fused-ring (bicyclic) bond motifs is 1. The molecule has 2 heterocycles. The summed E-state index contributed by atoms with van der Waals surface area (Å²) < 4.78 is 7.16. The molecule has 142 valence electrons. The van der Waals surface area contributed by atoms with E-state index in [9.17, 15) is 4.79 Å². The highest BCUT2D eigenvalue weighted by Gasteiger charge is 2.20. The first-order chi connectivity index (χ1) is 13.1. The number of carbonyl (C=O) groups is 1. The first-order valence-corrected chi connectivity index (χ1v) is 9.33. The number of aryl methyl sites for hydroxylation is 1. The van der Waals surface area contributed by atoms with E-state index in [1.165, 1.54) is 0 Å². The van der Waals surface area contributed by atoms with E-state index in [4.69, 9.17) is 4.74 Å². The van der Waals surface area contributed by atoms with Gasteiger partial charge in [-0.05, 0) is 56.7 Å². The molecular weight excluding hydrogens is 340 g/mol. The van der Waals surface area contributed by atoms with E-state index < -0.39 is 0 Å². The normalized spacial score (nSPS) is 10.8. The van der Waals surface area contributed by atoms with Gasteiger partial charge in [-0.2, -0.15) is 0 Å². The van der Waals surface area contributed by atoms with Crippen LogP contribution in [0.4, 0.5) is 11.4 Å². The van der Waals surface area contributed by atoms with Crippen molar-refractivity contribution in [1.29, 1.82) is 0 Å². The van der Waals surface area contributed by atoms with E-state index in [2.05, 4.69) is 29.0 Å². The minimum absolute atomic E-state index is 0.178. The number of imidazole rings is 1. The number of hydrogen-bond acceptors (Lipinski definition) is 4. The number of benzene rings is 1. The van der Waals surface area contributed by atoms with Crippen LogP contribution < -0.4 is 15.0 Å². The minimum Gasteiger partial charge on any atom is -0.493 e. The predicted molar refractivity (Wildman–Crippen MR) is 109 cm³/mol. The topological polar surface area (TPSA) is 58.9 Å². The summed E-state index contributed by atoms with van der Waals surface area (Å²) in [7, 11) is 1.60. The van der Waals surface area contributed by atoms with Gasteiger partial charge in [-0.3, -0.25) is 9.20 Å². The lowest BCUT2D eigenvalue weighted by atomic mass is 10.2. The maximum Gasteiger partial charge on any atom is 0.274 e. The van der Waals surface area contributed by atoms with Gasteiger partial charge < -0.3 is 15.0 Å². The van der Waals surface area contributed by atoms with Crippen LogP contribution in [0.5, 0.6) is 5.75 Å². The van der Waals surface area contributed by atoms with E-state index in [0.29, 0.717) is 23.5 Å². The Labute approximate surface area is 159 Å². The van der Waals surface area contributed by atoms with Gasteiger partial charge in [0.15, 0.2) is 11.4 Å². The van der Waals surface area contributed by atoms with Crippen LogP contribution in [0.3, 0.4) is 0 Å². The summed E-state index contributed by atoms with van der Waals surface area (Å²) in [5.41, 5.74) is 3.84. The number of rotatable bonds is 7. The molecule has 0 unspecified atom stereocenters. The van der Waals surface area contributed by atoms with Gasteiger partial charge in [-0.25, -0.2) is 4.98 Å². The number of hydrogen-bond donors (Lipinski definition) is 1. The Morgan fingerprint density at radius 1 is 1.15 bits per heavy atom. The molecule has 1 aromatic carbocycles. The third-order valence-corrected chi connectivity index (χ3v) is 4.71. The largest absolute Gasteiger partial charge is 0.493 e. The van der Waals surface area contributed by atoms with Gasteiger partial charge in [-0.1, -0.05) is 6.92 Å². The van der Waals surface area contributed by atoms with Gasteiger partial charge in [0.2, 0.25) is 0 Å². The van der Waals surface area contributed by atoms with Crippen LogP contribution in [0.1, 0.15) is 37.0 Å². The summed E-state index contributed by atoms with van der Waals surface area (Å²) >= 11 is 0. The SMILES string of the molecule is CCc1nc2c(OC)cccn2c1C(=O)Nc1ccc(N(CC)CC)cc1. The van der Waals surface area contributed by atoms with Crippen molar-refractivity contribution < 1.29 is 9.53 Å². The van der Waals surface area contributed by atoms with Crippen LogP contribution in [0.2, 0.25) is 0 Å². The zero-order chi connectivity index (χ0) is 19.4. The van der Waals surface area contributed by atoms with Gasteiger partial charge in [0.05, 0.1) is 12.8 Å². The molecule has 0 saturated heterocycles. The molecule has 0 radical (unpaired) electrons. The fraction of sp³-hybridized carbons (Fsp3) is 0.333. The smallest absolute Gasteiger partial charge is 0.274 e. The number of pyridine rings is 1. The number of nitrogens with one attached hydrogen (secondary N) is 1. The van der Waals surface area contributed by atoms with Crippen molar-refractivity contribution in [2.45, 2.75) is 27.2 Å². The number of nitrogens with zero attached hydrogens (tertiary/aromatic N) is 3. The van der Waals surface area contributed by atoms with Crippen LogP contribution in [-0.4, -0.2) is 35.5 Å². The van der Waals surface area contributed by atoms with E-state index in [1.807, 2.05) is 49.5 Å². The van der Waals surface area contributed by atoms with Crippen molar-refractivity contribution in [3.05, 3.63) is 54.0 Å². The lowest BCUT2D eigenvalue weighted by Crippen LogP contribution is -2.21. The van der Waals surface area contributed by atoms with E-state index in [0.717, 1.165) is 30.2 Å². The van der Waals surface area contributed by atoms with Crippen molar-refractivity contribution in [1.82, 2.24) is 9.38 Å². The number of ether oxygens (including phenoxy) is 1. The average molecular weight is 366 g/mol. The van der Waals surface area contributed by atoms with Gasteiger partial charge in [0.25, 0.3) is 5.91 Å². The fourth-order valence-electron chi connectivity index (χ4n) is 3.27.